The van der Waals surface area contributed by atoms with Gasteiger partial charge >= 0.3 is 5.97 Å². The van der Waals surface area contributed by atoms with Gasteiger partial charge in [0.05, 0.1) is 6.61 Å². The van der Waals surface area contributed by atoms with Gasteiger partial charge in [-0.15, -0.1) is 0 Å². The molecule has 0 aliphatic rings. The zero-order valence-electron chi connectivity index (χ0n) is 19.1. The van der Waals surface area contributed by atoms with Crippen LogP contribution in [0.2, 0.25) is 0 Å². The van der Waals surface area contributed by atoms with Crippen LogP contribution in [0.1, 0.15) is 71.7 Å². The number of hydrogen-bond acceptors (Lipinski definition) is 4. The second-order valence-corrected chi connectivity index (χ2v) is 9.35. The first-order chi connectivity index (χ1) is 14.0. The first-order valence-electron chi connectivity index (χ1n) is 10.1. The molecule has 0 radical (unpaired) electrons. The van der Waals surface area contributed by atoms with E-state index in [0.717, 1.165) is 6.42 Å². The SMILES string of the molecule is CCC(C)(C(C)(C)C)C(C)(C)C(=O)NCCCOC(=O)c1c(F)c(F)c(N)c(F)c1F. The number of nitrogens with one attached hydrogen (secondary N) is 1. The van der Waals surface area contributed by atoms with Crippen LogP contribution in [-0.2, 0) is 9.53 Å². The predicted octanol–water partition coefficient (Wildman–Crippen LogP) is 4.98. The van der Waals surface area contributed by atoms with E-state index in [1.165, 1.54) is 0 Å². The highest BCUT2D eigenvalue weighted by molar-refractivity contribution is 5.90. The smallest absolute Gasteiger partial charge is 0.344 e. The minimum atomic E-state index is -1.92. The van der Waals surface area contributed by atoms with Crippen molar-refractivity contribution in [2.45, 2.75) is 61.3 Å². The van der Waals surface area contributed by atoms with Crippen molar-refractivity contribution in [2.24, 2.45) is 16.2 Å². The Bertz CT molecular complexity index is 821. The van der Waals surface area contributed by atoms with E-state index in [-0.39, 0.29) is 36.3 Å². The molecule has 0 saturated carbocycles. The van der Waals surface area contributed by atoms with Crippen LogP contribution in [0.5, 0.6) is 0 Å². The van der Waals surface area contributed by atoms with Crippen molar-refractivity contribution in [1.82, 2.24) is 5.32 Å². The molecular formula is C22H32F4N2O3. The second-order valence-electron chi connectivity index (χ2n) is 9.35. The van der Waals surface area contributed by atoms with E-state index >= 15 is 0 Å². The molecule has 1 rings (SSSR count). The van der Waals surface area contributed by atoms with Crippen LogP contribution in [-0.4, -0.2) is 25.0 Å². The Hall–Kier alpha value is -2.32. The van der Waals surface area contributed by atoms with E-state index in [1.807, 2.05) is 20.8 Å². The van der Waals surface area contributed by atoms with Crippen molar-refractivity contribution in [3.63, 3.8) is 0 Å². The van der Waals surface area contributed by atoms with E-state index in [0.29, 0.717) is 0 Å². The van der Waals surface area contributed by atoms with Gasteiger partial charge in [-0.2, -0.15) is 0 Å². The standard InChI is InChI=1S/C22H32F4N2O3/c1-8-22(7,20(2,3)4)21(5,6)19(30)28-10-9-11-31-18(29)12-13(23)15(25)17(27)16(26)14(12)24/h8-11,27H2,1-7H3,(H,28,30). The summed E-state index contributed by atoms with van der Waals surface area (Å²) in [6.07, 6.45) is 0.912. The lowest BCUT2D eigenvalue weighted by molar-refractivity contribution is -0.143. The number of hydrogen-bond donors (Lipinski definition) is 2. The van der Waals surface area contributed by atoms with Gasteiger partial charge in [0.25, 0.3) is 0 Å². The van der Waals surface area contributed by atoms with Crippen molar-refractivity contribution < 1.29 is 31.9 Å². The Morgan fingerprint density at radius 3 is 1.84 bits per heavy atom. The number of rotatable bonds is 8. The Balaban J connectivity index is 2.71. The predicted molar refractivity (Wildman–Crippen MR) is 110 cm³/mol. The lowest BCUT2D eigenvalue weighted by atomic mass is 9.53. The molecule has 0 spiro atoms. The van der Waals surface area contributed by atoms with Crippen LogP contribution in [0, 0.1) is 39.5 Å². The molecular weight excluding hydrogens is 416 g/mol. The molecule has 0 fully saturated rings. The molecule has 31 heavy (non-hydrogen) atoms. The normalized spacial score (nSPS) is 14.2. The van der Waals surface area contributed by atoms with Crippen molar-refractivity contribution in [3.05, 3.63) is 28.8 Å². The molecule has 0 saturated heterocycles. The molecule has 0 bridgehead atoms. The molecule has 1 aromatic carbocycles. The van der Waals surface area contributed by atoms with Gasteiger partial charge in [0.15, 0.2) is 23.3 Å². The topological polar surface area (TPSA) is 81.4 Å². The number of carbonyl (C=O) groups is 2. The van der Waals surface area contributed by atoms with Crippen LogP contribution < -0.4 is 11.1 Å². The number of anilines is 1. The molecule has 0 aliphatic carbocycles. The van der Waals surface area contributed by atoms with E-state index < -0.39 is 45.9 Å². The molecule has 9 heteroatoms. The van der Waals surface area contributed by atoms with Gasteiger partial charge in [0, 0.05) is 12.0 Å². The minimum absolute atomic E-state index is 0.134. The van der Waals surface area contributed by atoms with Gasteiger partial charge in [-0.25, -0.2) is 22.4 Å². The minimum Gasteiger partial charge on any atom is -0.462 e. The summed E-state index contributed by atoms with van der Waals surface area (Å²) in [6, 6.07) is 0. The van der Waals surface area contributed by atoms with Gasteiger partial charge in [-0.3, -0.25) is 4.79 Å². The molecule has 5 nitrogen and oxygen atoms in total. The van der Waals surface area contributed by atoms with Gasteiger partial charge in [0.2, 0.25) is 5.91 Å². The summed E-state index contributed by atoms with van der Waals surface area (Å²) in [4.78, 5) is 24.7. The zero-order valence-corrected chi connectivity index (χ0v) is 19.1. The van der Waals surface area contributed by atoms with Gasteiger partial charge in [-0.1, -0.05) is 48.5 Å². The number of ether oxygens (including phenoxy) is 1. The van der Waals surface area contributed by atoms with Crippen LogP contribution in [0.25, 0.3) is 0 Å². The maximum Gasteiger partial charge on any atom is 0.344 e. The fraction of sp³-hybridized carbons (Fsp3) is 0.636. The summed E-state index contributed by atoms with van der Waals surface area (Å²) in [5, 5.41) is 2.78. The molecule has 3 N–H and O–H groups in total. The second kappa shape index (κ2) is 9.44. The highest BCUT2D eigenvalue weighted by Crippen LogP contribution is 2.53. The van der Waals surface area contributed by atoms with Crippen LogP contribution in [0.15, 0.2) is 0 Å². The average Bonchev–Trinajstić information content (AvgIpc) is 2.68. The molecule has 1 unspecified atom stereocenters. The third-order valence-electron chi connectivity index (χ3n) is 6.65. The Morgan fingerprint density at radius 1 is 0.935 bits per heavy atom. The van der Waals surface area contributed by atoms with Crippen LogP contribution in [0.4, 0.5) is 23.2 Å². The maximum atomic E-state index is 13.8. The fourth-order valence-electron chi connectivity index (χ4n) is 3.72. The number of carbonyl (C=O) groups excluding carboxylic acids is 2. The zero-order chi connectivity index (χ0) is 24.4. The monoisotopic (exact) mass is 448 g/mol. The fourth-order valence-corrected chi connectivity index (χ4v) is 3.72. The Morgan fingerprint density at radius 2 is 1.42 bits per heavy atom. The lowest BCUT2D eigenvalue weighted by Gasteiger charge is -2.51. The van der Waals surface area contributed by atoms with E-state index in [2.05, 4.69) is 33.0 Å². The summed E-state index contributed by atoms with van der Waals surface area (Å²) in [7, 11) is 0. The summed E-state index contributed by atoms with van der Waals surface area (Å²) in [6.45, 7) is 13.9. The summed E-state index contributed by atoms with van der Waals surface area (Å²) in [5.41, 5.74) is 0.898. The van der Waals surface area contributed by atoms with E-state index in [4.69, 9.17) is 10.5 Å². The Kier molecular flexibility index (Phi) is 8.14. The molecule has 0 aliphatic heterocycles. The van der Waals surface area contributed by atoms with Gasteiger partial charge in [0.1, 0.15) is 11.3 Å². The Labute approximate surface area is 180 Å². The highest BCUT2D eigenvalue weighted by atomic mass is 19.2. The van der Waals surface area contributed by atoms with Crippen LogP contribution in [0.3, 0.4) is 0 Å². The summed E-state index contributed by atoms with van der Waals surface area (Å²) >= 11 is 0. The third kappa shape index (κ3) is 4.96. The van der Waals surface area contributed by atoms with Crippen molar-refractivity contribution in [1.29, 1.82) is 0 Å². The number of halogens is 4. The van der Waals surface area contributed by atoms with Crippen molar-refractivity contribution >= 4 is 17.6 Å². The number of nitrogens with two attached hydrogens (primary N) is 1. The highest BCUT2D eigenvalue weighted by Gasteiger charge is 2.51. The summed E-state index contributed by atoms with van der Waals surface area (Å²) in [5.74, 6) is -9.31. The van der Waals surface area contributed by atoms with Crippen LogP contribution >= 0.6 is 0 Å². The number of nitrogen functional groups attached to an aromatic ring is 1. The molecule has 1 aromatic rings. The van der Waals surface area contributed by atoms with Gasteiger partial charge in [-0.05, 0) is 23.7 Å². The van der Waals surface area contributed by atoms with E-state index in [9.17, 15) is 27.2 Å². The first kappa shape index (κ1) is 26.7. The number of amides is 1. The summed E-state index contributed by atoms with van der Waals surface area (Å²) < 4.78 is 59.2. The van der Waals surface area contributed by atoms with E-state index in [1.54, 1.807) is 0 Å². The lowest BCUT2D eigenvalue weighted by Crippen LogP contribution is -2.53. The third-order valence-corrected chi connectivity index (χ3v) is 6.65. The van der Waals surface area contributed by atoms with Crippen molar-refractivity contribution in [3.8, 4) is 0 Å². The molecule has 0 heterocycles. The number of benzene rings is 1. The largest absolute Gasteiger partial charge is 0.462 e. The molecule has 0 aromatic heterocycles. The quantitative estimate of drug-likeness (QED) is 0.193. The number of esters is 1. The molecule has 1 atom stereocenters. The molecule has 1 amide bonds. The average molecular weight is 449 g/mol. The first-order valence-corrected chi connectivity index (χ1v) is 10.1. The van der Waals surface area contributed by atoms with Gasteiger partial charge < -0.3 is 15.8 Å². The van der Waals surface area contributed by atoms with Crippen molar-refractivity contribution in [2.75, 3.05) is 18.9 Å². The molecule has 176 valence electrons. The maximum absolute atomic E-state index is 13.8.